The van der Waals surface area contributed by atoms with E-state index in [0.717, 1.165) is 25.7 Å². The van der Waals surface area contributed by atoms with Crippen molar-refractivity contribution in [3.63, 3.8) is 0 Å². The number of esters is 2. The average molecular weight is 679 g/mol. The van der Waals surface area contributed by atoms with E-state index in [0.29, 0.717) is 26.1 Å². The zero-order valence-corrected chi connectivity index (χ0v) is 32.9. The van der Waals surface area contributed by atoms with Gasteiger partial charge in [0, 0.05) is 12.8 Å². The van der Waals surface area contributed by atoms with Crippen LogP contribution in [0, 0.1) is 0 Å². The number of unbranched alkanes of at least 4 members (excludes halogenated alkanes) is 33. The third-order valence-electron chi connectivity index (χ3n) is 10.0. The molecule has 0 bridgehead atoms. The van der Waals surface area contributed by atoms with Crippen molar-refractivity contribution < 1.29 is 19.1 Å². The summed E-state index contributed by atoms with van der Waals surface area (Å²) in [4.78, 5) is 23.9. The summed E-state index contributed by atoms with van der Waals surface area (Å²) in [5.41, 5.74) is 0. The van der Waals surface area contributed by atoms with Crippen LogP contribution in [0.1, 0.15) is 258 Å². The van der Waals surface area contributed by atoms with Gasteiger partial charge in [0.2, 0.25) is 0 Å². The number of hydrogen-bond donors (Lipinski definition) is 0. The third-order valence-corrected chi connectivity index (χ3v) is 10.0. The quantitative estimate of drug-likeness (QED) is 0.0477. The Morgan fingerprint density at radius 2 is 0.458 bits per heavy atom. The van der Waals surface area contributed by atoms with Crippen molar-refractivity contribution in [3.8, 4) is 0 Å². The summed E-state index contributed by atoms with van der Waals surface area (Å²) in [5, 5.41) is 0. The second-order valence-electron chi connectivity index (χ2n) is 15.0. The van der Waals surface area contributed by atoms with Crippen LogP contribution >= 0.6 is 0 Å². The van der Waals surface area contributed by atoms with E-state index in [9.17, 15) is 9.59 Å². The van der Waals surface area contributed by atoms with Crippen LogP contribution in [-0.4, -0.2) is 25.2 Å². The normalized spacial score (nSPS) is 11.3. The second-order valence-corrected chi connectivity index (χ2v) is 15.0. The van der Waals surface area contributed by atoms with Gasteiger partial charge in [-0.25, -0.2) is 0 Å². The Morgan fingerprint density at radius 1 is 0.271 bits per heavy atom. The second kappa shape index (κ2) is 42.1. The molecule has 0 fully saturated rings. The molecule has 0 unspecified atom stereocenters. The maximum atomic E-state index is 11.9. The fourth-order valence-electron chi connectivity index (χ4n) is 6.71. The molecular formula is C44H86O4. The van der Waals surface area contributed by atoms with Crippen molar-refractivity contribution in [2.75, 3.05) is 13.2 Å². The molecule has 48 heavy (non-hydrogen) atoms. The molecule has 0 aromatic rings. The molecule has 0 aliphatic carbocycles. The van der Waals surface area contributed by atoms with Gasteiger partial charge in [0.1, 0.15) is 0 Å². The lowest BCUT2D eigenvalue weighted by molar-refractivity contribution is -0.144. The molecular weight excluding hydrogens is 592 g/mol. The van der Waals surface area contributed by atoms with Crippen molar-refractivity contribution in [3.05, 3.63) is 0 Å². The van der Waals surface area contributed by atoms with Gasteiger partial charge < -0.3 is 9.47 Å². The first-order chi connectivity index (χ1) is 23.7. The fraction of sp³-hybridized carbons (Fsp3) is 0.955. The van der Waals surface area contributed by atoms with Gasteiger partial charge in [-0.2, -0.15) is 0 Å². The van der Waals surface area contributed by atoms with E-state index in [-0.39, 0.29) is 11.9 Å². The predicted molar refractivity (Wildman–Crippen MR) is 209 cm³/mol. The minimum Gasteiger partial charge on any atom is -0.466 e. The Bertz CT molecular complexity index is 579. The van der Waals surface area contributed by atoms with Crippen LogP contribution in [0.3, 0.4) is 0 Å². The molecule has 0 spiro atoms. The highest BCUT2D eigenvalue weighted by Gasteiger charge is 2.04. The summed E-state index contributed by atoms with van der Waals surface area (Å²) in [6.45, 7) is 5.77. The average Bonchev–Trinajstić information content (AvgIpc) is 3.09. The van der Waals surface area contributed by atoms with E-state index in [1.165, 1.54) is 205 Å². The predicted octanol–water partition coefficient (Wildman–Crippen LogP) is 14.9. The lowest BCUT2D eigenvalue weighted by Gasteiger charge is -2.06. The Hall–Kier alpha value is -1.06. The SMILES string of the molecule is CCCCCCCCCCCCCC(=O)OCCCCCCCCCCCCCCCCOC(=O)CCCCCCCCCCCCC. The third kappa shape index (κ3) is 41.1. The van der Waals surface area contributed by atoms with Crippen LogP contribution in [0.25, 0.3) is 0 Å². The maximum Gasteiger partial charge on any atom is 0.305 e. The molecule has 0 amide bonds. The Labute approximate surface area is 301 Å². The Balaban J connectivity index is 3.19. The monoisotopic (exact) mass is 679 g/mol. The van der Waals surface area contributed by atoms with Crippen LogP contribution in [0.4, 0.5) is 0 Å². The molecule has 0 rings (SSSR count). The lowest BCUT2D eigenvalue weighted by Crippen LogP contribution is -2.05. The van der Waals surface area contributed by atoms with Crippen LogP contribution in [0.2, 0.25) is 0 Å². The molecule has 0 saturated heterocycles. The van der Waals surface area contributed by atoms with Crippen LogP contribution in [-0.2, 0) is 19.1 Å². The van der Waals surface area contributed by atoms with Gasteiger partial charge in [0.05, 0.1) is 13.2 Å². The minimum atomic E-state index is 0.0108. The van der Waals surface area contributed by atoms with Crippen LogP contribution in [0.5, 0.6) is 0 Å². The smallest absolute Gasteiger partial charge is 0.305 e. The van der Waals surface area contributed by atoms with E-state index in [4.69, 9.17) is 9.47 Å². The zero-order valence-electron chi connectivity index (χ0n) is 32.9. The van der Waals surface area contributed by atoms with Crippen molar-refractivity contribution in [1.29, 1.82) is 0 Å². The first kappa shape index (κ1) is 46.9. The molecule has 0 N–H and O–H groups in total. The first-order valence-electron chi connectivity index (χ1n) is 22.0. The summed E-state index contributed by atoms with van der Waals surface area (Å²) >= 11 is 0. The van der Waals surface area contributed by atoms with Crippen molar-refractivity contribution >= 4 is 11.9 Å². The number of rotatable bonds is 41. The molecule has 0 heterocycles. The molecule has 0 aliphatic heterocycles. The van der Waals surface area contributed by atoms with E-state index in [1.54, 1.807) is 0 Å². The van der Waals surface area contributed by atoms with Gasteiger partial charge >= 0.3 is 11.9 Å². The van der Waals surface area contributed by atoms with Gasteiger partial charge in [-0.15, -0.1) is 0 Å². The highest BCUT2D eigenvalue weighted by atomic mass is 16.5. The van der Waals surface area contributed by atoms with Crippen molar-refractivity contribution in [2.24, 2.45) is 0 Å². The number of carbonyl (C=O) groups excluding carboxylic acids is 2. The topological polar surface area (TPSA) is 52.6 Å². The van der Waals surface area contributed by atoms with Crippen LogP contribution in [0.15, 0.2) is 0 Å². The Kier molecular flexibility index (Phi) is 41.2. The molecule has 0 radical (unpaired) electrons. The first-order valence-corrected chi connectivity index (χ1v) is 22.0. The molecule has 0 aliphatic rings. The van der Waals surface area contributed by atoms with Gasteiger partial charge in [0.15, 0.2) is 0 Å². The van der Waals surface area contributed by atoms with Gasteiger partial charge in [-0.1, -0.05) is 219 Å². The maximum absolute atomic E-state index is 11.9. The zero-order chi connectivity index (χ0) is 34.9. The van der Waals surface area contributed by atoms with E-state index in [2.05, 4.69) is 13.8 Å². The fourth-order valence-corrected chi connectivity index (χ4v) is 6.71. The number of ether oxygens (including phenoxy) is 2. The lowest BCUT2D eigenvalue weighted by atomic mass is 10.0. The van der Waals surface area contributed by atoms with Gasteiger partial charge in [-0.05, 0) is 25.7 Å². The molecule has 0 atom stereocenters. The van der Waals surface area contributed by atoms with E-state index >= 15 is 0 Å². The highest BCUT2D eigenvalue weighted by Crippen LogP contribution is 2.15. The standard InChI is InChI=1S/C44H86O4/c1-3-5-7-9-11-13-19-23-27-31-35-39-43(45)47-41-37-33-29-25-21-17-15-16-18-22-26-30-34-38-42-48-44(46)40-36-32-28-24-20-14-12-10-8-6-4-2/h3-42H2,1-2H3. The minimum absolute atomic E-state index is 0.0108. The molecule has 4 nitrogen and oxygen atoms in total. The molecule has 286 valence electrons. The summed E-state index contributed by atoms with van der Waals surface area (Å²) in [6, 6.07) is 0. The summed E-state index contributed by atoms with van der Waals surface area (Å²) in [6.07, 6.45) is 47.8. The van der Waals surface area contributed by atoms with Crippen molar-refractivity contribution in [1.82, 2.24) is 0 Å². The number of hydrogen-bond acceptors (Lipinski definition) is 4. The molecule has 0 aromatic heterocycles. The number of carbonyl (C=O) groups is 2. The van der Waals surface area contributed by atoms with E-state index in [1.807, 2.05) is 0 Å². The van der Waals surface area contributed by atoms with E-state index < -0.39 is 0 Å². The van der Waals surface area contributed by atoms with Gasteiger partial charge in [-0.3, -0.25) is 9.59 Å². The molecule has 4 heteroatoms. The van der Waals surface area contributed by atoms with Crippen molar-refractivity contribution in [2.45, 2.75) is 258 Å². The molecule has 0 saturated carbocycles. The van der Waals surface area contributed by atoms with Gasteiger partial charge in [0.25, 0.3) is 0 Å². The highest BCUT2D eigenvalue weighted by molar-refractivity contribution is 5.69. The Morgan fingerprint density at radius 3 is 0.688 bits per heavy atom. The summed E-state index contributed by atoms with van der Waals surface area (Å²) in [7, 11) is 0. The van der Waals surface area contributed by atoms with Crippen LogP contribution < -0.4 is 0 Å². The largest absolute Gasteiger partial charge is 0.466 e. The summed E-state index contributed by atoms with van der Waals surface area (Å²) < 4.78 is 10.9. The molecule has 0 aromatic carbocycles. The summed E-state index contributed by atoms with van der Waals surface area (Å²) in [5.74, 6) is 0.0216.